The average Bonchev–Trinajstić information content (AvgIpc) is 2.15. The standard InChI is InChI=1S/C10H12N2O2S/c1-8(12-15(2,13)14)10-5-3-9(7-11)4-6-10/h3-6,8,12H,1-2H3/t8-/m1/s1. The summed E-state index contributed by atoms with van der Waals surface area (Å²) in [6, 6.07) is 8.52. The zero-order valence-corrected chi connectivity index (χ0v) is 9.38. The fourth-order valence-corrected chi connectivity index (χ4v) is 2.01. The minimum atomic E-state index is -3.20. The SMILES string of the molecule is C[C@@H](NS(C)(=O)=O)c1ccc(C#N)cc1. The Morgan fingerprint density at radius 1 is 1.33 bits per heavy atom. The molecule has 0 aliphatic carbocycles. The number of nitrogens with one attached hydrogen (secondary N) is 1. The Hall–Kier alpha value is -1.38. The zero-order valence-electron chi connectivity index (χ0n) is 8.56. The molecule has 15 heavy (non-hydrogen) atoms. The van der Waals surface area contributed by atoms with Crippen molar-refractivity contribution in [2.75, 3.05) is 6.26 Å². The minimum Gasteiger partial charge on any atom is -0.213 e. The Morgan fingerprint density at radius 2 is 1.87 bits per heavy atom. The topological polar surface area (TPSA) is 70.0 Å². The van der Waals surface area contributed by atoms with Gasteiger partial charge in [-0.15, -0.1) is 0 Å². The number of nitrogens with zero attached hydrogens (tertiary/aromatic N) is 1. The molecule has 0 bridgehead atoms. The predicted molar refractivity (Wildman–Crippen MR) is 57.6 cm³/mol. The lowest BCUT2D eigenvalue weighted by Crippen LogP contribution is -2.25. The van der Waals surface area contributed by atoms with Gasteiger partial charge in [-0.1, -0.05) is 12.1 Å². The van der Waals surface area contributed by atoms with Gasteiger partial charge in [-0.05, 0) is 24.6 Å². The normalized spacial score (nSPS) is 13.1. The van der Waals surface area contributed by atoms with Crippen molar-refractivity contribution in [3.05, 3.63) is 35.4 Å². The highest BCUT2D eigenvalue weighted by Crippen LogP contribution is 2.13. The molecule has 4 nitrogen and oxygen atoms in total. The average molecular weight is 224 g/mol. The first-order chi connectivity index (χ1) is 6.92. The van der Waals surface area contributed by atoms with E-state index in [4.69, 9.17) is 5.26 Å². The van der Waals surface area contributed by atoms with Gasteiger partial charge >= 0.3 is 0 Å². The number of rotatable bonds is 3. The van der Waals surface area contributed by atoms with Crippen molar-refractivity contribution in [2.45, 2.75) is 13.0 Å². The second-order valence-corrected chi connectivity index (χ2v) is 5.13. The summed E-state index contributed by atoms with van der Waals surface area (Å²) in [6.45, 7) is 1.75. The molecule has 0 radical (unpaired) electrons. The molecule has 80 valence electrons. The molecule has 0 aliphatic rings. The summed E-state index contributed by atoms with van der Waals surface area (Å²) in [6.07, 6.45) is 1.12. The molecule has 0 saturated carbocycles. The Labute approximate surface area is 89.6 Å². The van der Waals surface area contributed by atoms with Crippen molar-refractivity contribution < 1.29 is 8.42 Å². The number of benzene rings is 1. The molecule has 0 heterocycles. The van der Waals surface area contributed by atoms with Crippen LogP contribution in [0.3, 0.4) is 0 Å². The first-order valence-electron chi connectivity index (χ1n) is 4.40. The second-order valence-electron chi connectivity index (χ2n) is 3.35. The van der Waals surface area contributed by atoms with Crippen molar-refractivity contribution in [1.82, 2.24) is 4.72 Å². The largest absolute Gasteiger partial charge is 0.213 e. The lowest BCUT2D eigenvalue weighted by atomic mass is 10.1. The maximum Gasteiger partial charge on any atom is 0.209 e. The molecule has 0 amide bonds. The van der Waals surface area contributed by atoms with Crippen LogP contribution in [0.4, 0.5) is 0 Å². The van der Waals surface area contributed by atoms with E-state index < -0.39 is 10.0 Å². The van der Waals surface area contributed by atoms with Crippen molar-refractivity contribution in [1.29, 1.82) is 5.26 Å². The van der Waals surface area contributed by atoms with Gasteiger partial charge in [0.25, 0.3) is 0 Å². The first-order valence-corrected chi connectivity index (χ1v) is 6.29. The molecule has 0 unspecified atom stereocenters. The third-order valence-corrected chi connectivity index (χ3v) is 2.71. The third-order valence-electron chi connectivity index (χ3n) is 1.93. The van der Waals surface area contributed by atoms with Gasteiger partial charge in [-0.2, -0.15) is 5.26 Å². The number of nitriles is 1. The molecule has 0 fully saturated rings. The van der Waals surface area contributed by atoms with Crippen LogP contribution >= 0.6 is 0 Å². The van der Waals surface area contributed by atoms with E-state index in [2.05, 4.69) is 4.72 Å². The van der Waals surface area contributed by atoms with Gasteiger partial charge in [0.15, 0.2) is 0 Å². The Balaban J connectivity index is 2.84. The van der Waals surface area contributed by atoms with E-state index in [0.717, 1.165) is 11.8 Å². The maximum atomic E-state index is 11.0. The summed E-state index contributed by atoms with van der Waals surface area (Å²) in [7, 11) is -3.20. The van der Waals surface area contributed by atoms with Crippen LogP contribution in [-0.4, -0.2) is 14.7 Å². The summed E-state index contributed by atoms with van der Waals surface area (Å²) in [5.74, 6) is 0. The summed E-state index contributed by atoms with van der Waals surface area (Å²) < 4.78 is 24.4. The van der Waals surface area contributed by atoms with E-state index in [1.54, 1.807) is 31.2 Å². The summed E-state index contributed by atoms with van der Waals surface area (Å²) in [5.41, 5.74) is 1.39. The van der Waals surface area contributed by atoms with E-state index in [1.165, 1.54) is 0 Å². The lowest BCUT2D eigenvalue weighted by Gasteiger charge is -2.12. The van der Waals surface area contributed by atoms with Gasteiger partial charge in [0.2, 0.25) is 10.0 Å². The highest BCUT2D eigenvalue weighted by Gasteiger charge is 2.10. The predicted octanol–water partition coefficient (Wildman–Crippen LogP) is 1.17. The van der Waals surface area contributed by atoms with Gasteiger partial charge in [-0.25, -0.2) is 13.1 Å². The van der Waals surface area contributed by atoms with Gasteiger partial charge in [-0.3, -0.25) is 0 Å². The van der Waals surface area contributed by atoms with Crippen LogP contribution < -0.4 is 4.72 Å². The van der Waals surface area contributed by atoms with E-state index in [-0.39, 0.29) is 6.04 Å². The smallest absolute Gasteiger partial charge is 0.209 e. The molecular formula is C10H12N2O2S. The van der Waals surface area contributed by atoms with E-state index in [0.29, 0.717) is 5.56 Å². The quantitative estimate of drug-likeness (QED) is 0.837. The summed E-state index contributed by atoms with van der Waals surface area (Å²) in [5, 5.41) is 8.59. The van der Waals surface area contributed by atoms with Crippen molar-refractivity contribution in [3.63, 3.8) is 0 Å². The van der Waals surface area contributed by atoms with Gasteiger partial charge in [0, 0.05) is 6.04 Å². The van der Waals surface area contributed by atoms with E-state index >= 15 is 0 Å². The number of hydrogen-bond donors (Lipinski definition) is 1. The maximum absolute atomic E-state index is 11.0. The summed E-state index contributed by atoms with van der Waals surface area (Å²) in [4.78, 5) is 0. The first kappa shape index (κ1) is 11.7. The fraction of sp³-hybridized carbons (Fsp3) is 0.300. The number of hydrogen-bond acceptors (Lipinski definition) is 3. The highest BCUT2D eigenvalue weighted by atomic mass is 32.2. The van der Waals surface area contributed by atoms with Crippen LogP contribution in [0.15, 0.2) is 24.3 Å². The molecular weight excluding hydrogens is 212 g/mol. The third kappa shape index (κ3) is 3.70. The Kier molecular flexibility index (Phi) is 3.45. The van der Waals surface area contributed by atoms with Crippen LogP contribution in [0.25, 0.3) is 0 Å². The van der Waals surface area contributed by atoms with Crippen molar-refractivity contribution >= 4 is 10.0 Å². The summed E-state index contributed by atoms with van der Waals surface area (Å²) >= 11 is 0. The Morgan fingerprint density at radius 3 is 2.27 bits per heavy atom. The Bertz CT molecular complexity index is 471. The van der Waals surface area contributed by atoms with Crippen LogP contribution in [0, 0.1) is 11.3 Å². The van der Waals surface area contributed by atoms with Crippen LogP contribution in [0.1, 0.15) is 24.1 Å². The lowest BCUT2D eigenvalue weighted by molar-refractivity contribution is 0.573. The molecule has 0 aliphatic heterocycles. The molecule has 1 rings (SSSR count). The number of sulfonamides is 1. The molecule has 0 spiro atoms. The zero-order chi connectivity index (χ0) is 11.5. The van der Waals surface area contributed by atoms with Gasteiger partial charge in [0.05, 0.1) is 17.9 Å². The second kappa shape index (κ2) is 4.43. The van der Waals surface area contributed by atoms with E-state index in [1.807, 2.05) is 6.07 Å². The minimum absolute atomic E-state index is 0.284. The molecule has 0 saturated heterocycles. The molecule has 1 aromatic rings. The van der Waals surface area contributed by atoms with Gasteiger partial charge < -0.3 is 0 Å². The van der Waals surface area contributed by atoms with Crippen LogP contribution in [-0.2, 0) is 10.0 Å². The van der Waals surface area contributed by atoms with Crippen LogP contribution in [0.5, 0.6) is 0 Å². The van der Waals surface area contributed by atoms with Gasteiger partial charge in [0.1, 0.15) is 0 Å². The fourth-order valence-electron chi connectivity index (χ4n) is 1.24. The molecule has 5 heteroatoms. The molecule has 0 aromatic heterocycles. The molecule has 1 atom stereocenters. The van der Waals surface area contributed by atoms with E-state index in [9.17, 15) is 8.42 Å². The highest BCUT2D eigenvalue weighted by molar-refractivity contribution is 7.88. The van der Waals surface area contributed by atoms with Crippen molar-refractivity contribution in [3.8, 4) is 6.07 Å². The van der Waals surface area contributed by atoms with Crippen molar-refractivity contribution in [2.24, 2.45) is 0 Å². The van der Waals surface area contributed by atoms with Crippen LogP contribution in [0.2, 0.25) is 0 Å². The molecule has 1 N–H and O–H groups in total. The monoisotopic (exact) mass is 224 g/mol. The molecule has 1 aromatic carbocycles.